The van der Waals surface area contributed by atoms with Gasteiger partial charge in [0.25, 0.3) is 0 Å². The molecule has 88 valence electrons. The maximum atomic E-state index is 11.3. The number of allylic oxidation sites excluding steroid dienone is 2. The minimum atomic E-state index is -4.27. The average molecular weight is 244 g/mol. The molecule has 4 aliphatic carbocycles. The lowest BCUT2D eigenvalue weighted by molar-refractivity contribution is -0.178. The first-order chi connectivity index (χ1) is 7.34. The van der Waals surface area contributed by atoms with Gasteiger partial charge in [-0.25, -0.2) is 0 Å². The van der Waals surface area contributed by atoms with Crippen LogP contribution in [0.3, 0.4) is 0 Å². The Morgan fingerprint density at radius 2 is 2.12 bits per heavy atom. The SMILES string of the molecule is O=C(O)[C@]12C[C@@H]3C=C(P(=O)(O)O)[C@H]1[C@@H](C3)C2. The second-order valence-electron chi connectivity index (χ2n) is 5.24. The lowest BCUT2D eigenvalue weighted by Gasteiger charge is -2.62. The molecule has 0 radical (unpaired) electrons. The van der Waals surface area contributed by atoms with Crippen molar-refractivity contribution < 1.29 is 24.3 Å². The first kappa shape index (κ1) is 10.5. The molecule has 5 nitrogen and oxygen atoms in total. The first-order valence-corrected chi connectivity index (χ1v) is 6.97. The van der Waals surface area contributed by atoms with Crippen LogP contribution >= 0.6 is 7.60 Å². The number of hydrogen-bond donors (Lipinski definition) is 3. The fraction of sp³-hybridized carbons (Fsp3) is 0.700. The van der Waals surface area contributed by atoms with Crippen molar-refractivity contribution in [2.45, 2.75) is 19.3 Å². The highest BCUT2D eigenvalue weighted by molar-refractivity contribution is 7.56. The van der Waals surface area contributed by atoms with Gasteiger partial charge in [0.05, 0.1) is 5.41 Å². The summed E-state index contributed by atoms with van der Waals surface area (Å²) in [5, 5.41) is 9.35. The topological polar surface area (TPSA) is 94.8 Å². The molecule has 6 heteroatoms. The van der Waals surface area contributed by atoms with Gasteiger partial charge in [0.15, 0.2) is 0 Å². The van der Waals surface area contributed by atoms with Crippen LogP contribution < -0.4 is 0 Å². The number of aliphatic carboxylic acids is 1. The summed E-state index contributed by atoms with van der Waals surface area (Å²) < 4.78 is 11.3. The summed E-state index contributed by atoms with van der Waals surface area (Å²) in [5.41, 5.74) is -0.876. The Balaban J connectivity index is 2.08. The van der Waals surface area contributed by atoms with E-state index in [2.05, 4.69) is 0 Å². The van der Waals surface area contributed by atoms with E-state index in [4.69, 9.17) is 0 Å². The fourth-order valence-electron chi connectivity index (χ4n) is 3.96. The van der Waals surface area contributed by atoms with Crippen LogP contribution in [0.4, 0.5) is 0 Å². The van der Waals surface area contributed by atoms with E-state index in [0.29, 0.717) is 12.8 Å². The van der Waals surface area contributed by atoms with Crippen LogP contribution in [-0.2, 0) is 9.36 Å². The molecule has 2 fully saturated rings. The standard InChI is InChI=1S/C10H13O5P/c11-9(12)10-3-5-1-6(4-10)8(10)7(2-5)16(13,14)15/h2,5-6,8H,1,3-4H2,(H,11,12)(H2,13,14,15)/t5-,6-,8+,10-/m0/s1. The molecule has 3 N–H and O–H groups in total. The molecule has 4 rings (SSSR count). The van der Waals surface area contributed by atoms with Crippen molar-refractivity contribution in [1.29, 1.82) is 0 Å². The Bertz CT molecular complexity index is 450. The van der Waals surface area contributed by atoms with Gasteiger partial charge in [-0.1, -0.05) is 6.08 Å². The summed E-state index contributed by atoms with van der Waals surface area (Å²) in [4.78, 5) is 29.8. The predicted molar refractivity (Wildman–Crippen MR) is 54.5 cm³/mol. The number of carboxylic acids is 1. The largest absolute Gasteiger partial charge is 0.481 e. The zero-order valence-corrected chi connectivity index (χ0v) is 9.43. The van der Waals surface area contributed by atoms with Crippen molar-refractivity contribution in [3.63, 3.8) is 0 Å². The lowest BCUT2D eigenvalue weighted by Crippen LogP contribution is -2.60. The van der Waals surface area contributed by atoms with Crippen molar-refractivity contribution >= 4 is 13.6 Å². The highest BCUT2D eigenvalue weighted by Gasteiger charge is 2.67. The third-order valence-corrected chi connectivity index (χ3v) is 5.51. The number of rotatable bonds is 2. The predicted octanol–water partition coefficient (Wildman–Crippen LogP) is 1.18. The molecule has 0 aromatic carbocycles. The third-order valence-electron chi connectivity index (χ3n) is 4.41. The van der Waals surface area contributed by atoms with E-state index in [1.807, 2.05) is 0 Å². The molecule has 4 atom stereocenters. The molecular formula is C10H13O5P. The monoisotopic (exact) mass is 244 g/mol. The van der Waals surface area contributed by atoms with E-state index >= 15 is 0 Å². The molecule has 0 aliphatic heterocycles. The normalized spacial score (nSPS) is 44.9. The molecule has 0 amide bonds. The van der Waals surface area contributed by atoms with Crippen LogP contribution in [0.1, 0.15) is 19.3 Å². The summed E-state index contributed by atoms with van der Waals surface area (Å²) >= 11 is 0. The van der Waals surface area contributed by atoms with Crippen LogP contribution in [0.2, 0.25) is 0 Å². The van der Waals surface area contributed by atoms with E-state index in [9.17, 15) is 24.3 Å². The van der Waals surface area contributed by atoms with Crippen molar-refractivity contribution in [2.75, 3.05) is 0 Å². The van der Waals surface area contributed by atoms with Gasteiger partial charge in [-0.15, -0.1) is 0 Å². The molecule has 4 aliphatic rings. The molecule has 0 saturated heterocycles. The average Bonchev–Trinajstić information content (AvgIpc) is 2.14. The summed E-state index contributed by atoms with van der Waals surface area (Å²) in [7, 11) is -4.27. The van der Waals surface area contributed by atoms with Crippen molar-refractivity contribution in [1.82, 2.24) is 0 Å². The van der Waals surface area contributed by atoms with Crippen LogP contribution in [0.25, 0.3) is 0 Å². The zero-order chi connectivity index (χ0) is 11.7. The van der Waals surface area contributed by atoms with Gasteiger partial charge in [0, 0.05) is 11.2 Å². The summed E-state index contributed by atoms with van der Waals surface area (Å²) in [5.74, 6) is -1.10. The third kappa shape index (κ3) is 1.09. The Morgan fingerprint density at radius 3 is 2.62 bits per heavy atom. The Labute approximate surface area is 92.3 Å². The second-order valence-corrected chi connectivity index (χ2v) is 6.84. The van der Waals surface area contributed by atoms with Gasteiger partial charge < -0.3 is 14.9 Å². The van der Waals surface area contributed by atoms with Crippen LogP contribution in [0.5, 0.6) is 0 Å². The van der Waals surface area contributed by atoms with Crippen LogP contribution in [-0.4, -0.2) is 20.9 Å². The Kier molecular flexibility index (Phi) is 1.83. The molecule has 0 unspecified atom stereocenters. The van der Waals surface area contributed by atoms with Crippen LogP contribution in [0, 0.1) is 23.2 Å². The van der Waals surface area contributed by atoms with Crippen molar-refractivity contribution in [2.24, 2.45) is 23.2 Å². The van der Waals surface area contributed by atoms with Crippen molar-refractivity contribution in [3.8, 4) is 0 Å². The highest BCUT2D eigenvalue weighted by Crippen LogP contribution is 2.73. The number of hydrogen-bond acceptors (Lipinski definition) is 2. The van der Waals surface area contributed by atoms with Gasteiger partial charge in [-0.2, -0.15) is 0 Å². The smallest absolute Gasteiger partial charge is 0.352 e. The maximum Gasteiger partial charge on any atom is 0.352 e. The molecule has 0 spiro atoms. The zero-order valence-electron chi connectivity index (χ0n) is 8.54. The van der Waals surface area contributed by atoms with E-state index in [0.717, 1.165) is 6.42 Å². The molecule has 0 aromatic rings. The summed E-state index contributed by atoms with van der Waals surface area (Å²) in [6.07, 6.45) is 3.65. The minimum Gasteiger partial charge on any atom is -0.481 e. The summed E-state index contributed by atoms with van der Waals surface area (Å²) in [6, 6.07) is 0. The summed E-state index contributed by atoms with van der Waals surface area (Å²) in [6.45, 7) is 0. The second kappa shape index (κ2) is 2.78. The van der Waals surface area contributed by atoms with Crippen LogP contribution in [0.15, 0.2) is 11.4 Å². The highest BCUT2D eigenvalue weighted by atomic mass is 31.2. The Hall–Kier alpha value is -0.640. The fourth-order valence-corrected chi connectivity index (χ4v) is 5.18. The van der Waals surface area contributed by atoms with Gasteiger partial charge >= 0.3 is 13.6 Å². The number of carboxylic acid groups (broad SMARTS) is 1. The molecule has 2 saturated carbocycles. The molecule has 4 bridgehead atoms. The van der Waals surface area contributed by atoms with Crippen molar-refractivity contribution in [3.05, 3.63) is 11.4 Å². The van der Waals surface area contributed by atoms with Gasteiger partial charge in [0.1, 0.15) is 0 Å². The van der Waals surface area contributed by atoms with E-state index in [-0.39, 0.29) is 17.2 Å². The van der Waals surface area contributed by atoms with Gasteiger partial charge in [0.2, 0.25) is 0 Å². The van der Waals surface area contributed by atoms with E-state index in [1.54, 1.807) is 6.08 Å². The maximum absolute atomic E-state index is 11.3. The van der Waals surface area contributed by atoms with Gasteiger partial charge in [-0.05, 0) is 31.1 Å². The van der Waals surface area contributed by atoms with E-state index < -0.39 is 24.9 Å². The minimum absolute atomic E-state index is 0.0440. The van der Waals surface area contributed by atoms with Gasteiger partial charge in [-0.3, -0.25) is 9.36 Å². The molecular weight excluding hydrogens is 231 g/mol. The molecule has 16 heavy (non-hydrogen) atoms. The lowest BCUT2D eigenvalue weighted by atomic mass is 9.42. The first-order valence-electron chi connectivity index (χ1n) is 5.36. The molecule has 0 aromatic heterocycles. The molecule has 0 heterocycles. The Morgan fingerprint density at radius 1 is 1.44 bits per heavy atom. The van der Waals surface area contributed by atoms with E-state index in [1.165, 1.54) is 0 Å². The number of carbonyl (C=O) groups is 1. The quantitative estimate of drug-likeness (QED) is 0.634.